The lowest BCUT2D eigenvalue weighted by Crippen LogP contribution is -2.61. The van der Waals surface area contributed by atoms with Crippen LogP contribution in [0.25, 0.3) is 0 Å². The van der Waals surface area contributed by atoms with E-state index in [4.69, 9.17) is 9.47 Å². The minimum Gasteiger partial charge on any atom is -0.459 e. The van der Waals surface area contributed by atoms with Crippen LogP contribution in [0.3, 0.4) is 0 Å². The van der Waals surface area contributed by atoms with E-state index >= 15 is 0 Å². The van der Waals surface area contributed by atoms with Gasteiger partial charge in [0, 0.05) is 19.5 Å². The van der Waals surface area contributed by atoms with Crippen LogP contribution < -0.4 is 0 Å². The molecule has 1 aliphatic heterocycles. The lowest BCUT2D eigenvalue weighted by Gasteiger charge is -2.61. The number of carbonyl (C=O) groups is 2. The molecule has 192 valence electrons. The first-order valence-corrected chi connectivity index (χ1v) is 13.8. The normalized spacial score (nSPS) is 40.6. The third-order valence-corrected chi connectivity index (χ3v) is 10.9. The topological polar surface area (TPSA) is 55.8 Å². The van der Waals surface area contributed by atoms with Crippen molar-refractivity contribution in [3.8, 4) is 0 Å². The second kappa shape index (κ2) is 9.53. The van der Waals surface area contributed by atoms with Crippen molar-refractivity contribution < 1.29 is 19.1 Å². The van der Waals surface area contributed by atoms with Crippen LogP contribution in [0.1, 0.15) is 71.3 Å². The van der Waals surface area contributed by atoms with Crippen molar-refractivity contribution in [2.75, 3.05) is 20.3 Å². The zero-order valence-corrected chi connectivity index (χ0v) is 22.0. The van der Waals surface area contributed by atoms with Gasteiger partial charge >= 0.3 is 5.97 Å². The number of esters is 1. The van der Waals surface area contributed by atoms with Gasteiger partial charge in [-0.25, -0.2) is 4.79 Å². The number of fused-ring (bicyclic) bond motifs is 5. The van der Waals surface area contributed by atoms with E-state index in [2.05, 4.69) is 25.7 Å². The molecule has 0 N–H and O–H groups in total. The molecule has 3 aliphatic carbocycles. The van der Waals surface area contributed by atoms with Gasteiger partial charge in [0.1, 0.15) is 13.2 Å². The van der Waals surface area contributed by atoms with Gasteiger partial charge in [-0.3, -0.25) is 4.79 Å². The maximum Gasteiger partial charge on any atom is 0.332 e. The molecule has 8 atom stereocenters. The SMILES string of the molecule is CC1C[C@H]2[C@@H]3CC[C@H]4N(C)C(=O)CC[C@]4(C)[C@H]3CC[C@]2(C)C1COCC(=O)OCc1ccccc1. The fourth-order valence-corrected chi connectivity index (χ4v) is 9.02. The third kappa shape index (κ3) is 4.32. The van der Waals surface area contributed by atoms with Gasteiger partial charge < -0.3 is 14.4 Å². The van der Waals surface area contributed by atoms with E-state index in [1.807, 2.05) is 37.4 Å². The summed E-state index contributed by atoms with van der Waals surface area (Å²) in [6, 6.07) is 10.2. The molecule has 0 spiro atoms. The Morgan fingerprint density at radius 1 is 1.06 bits per heavy atom. The van der Waals surface area contributed by atoms with Crippen molar-refractivity contribution >= 4 is 11.9 Å². The number of carbonyl (C=O) groups excluding carboxylic acids is 2. The molecule has 5 nitrogen and oxygen atoms in total. The Bertz CT molecular complexity index is 934. The summed E-state index contributed by atoms with van der Waals surface area (Å²) in [7, 11) is 2.04. The highest BCUT2D eigenvalue weighted by atomic mass is 16.6. The largest absolute Gasteiger partial charge is 0.459 e. The summed E-state index contributed by atoms with van der Waals surface area (Å²) in [6.07, 6.45) is 7.91. The zero-order chi connectivity index (χ0) is 24.8. The van der Waals surface area contributed by atoms with Gasteiger partial charge in [-0.05, 0) is 84.5 Å². The van der Waals surface area contributed by atoms with Gasteiger partial charge in [0.05, 0.1) is 6.61 Å². The summed E-state index contributed by atoms with van der Waals surface area (Å²) in [5, 5.41) is 0. The molecule has 1 heterocycles. The van der Waals surface area contributed by atoms with E-state index in [0.717, 1.165) is 36.2 Å². The first-order chi connectivity index (χ1) is 16.7. The number of hydrogen-bond donors (Lipinski definition) is 0. The Hall–Kier alpha value is -1.88. The molecule has 1 amide bonds. The molecule has 1 aromatic carbocycles. The average molecular weight is 482 g/mol. The van der Waals surface area contributed by atoms with E-state index in [1.54, 1.807) is 0 Å². The molecule has 5 heteroatoms. The Labute approximate surface area is 210 Å². The Balaban J connectivity index is 1.20. The summed E-state index contributed by atoms with van der Waals surface area (Å²) in [5.41, 5.74) is 1.52. The summed E-state index contributed by atoms with van der Waals surface area (Å²) in [6.45, 7) is 8.35. The monoisotopic (exact) mass is 481 g/mol. The molecule has 4 fully saturated rings. The second-order valence-corrected chi connectivity index (χ2v) is 12.5. The zero-order valence-electron chi connectivity index (χ0n) is 22.0. The molecule has 0 radical (unpaired) electrons. The maximum absolute atomic E-state index is 12.4. The molecule has 35 heavy (non-hydrogen) atoms. The summed E-state index contributed by atoms with van der Waals surface area (Å²) in [4.78, 5) is 26.8. The first kappa shape index (κ1) is 24.8. The molecular formula is C30H43NO4. The fourth-order valence-electron chi connectivity index (χ4n) is 9.02. The van der Waals surface area contributed by atoms with Crippen LogP contribution in [-0.4, -0.2) is 43.1 Å². The molecule has 4 aliphatic rings. The molecule has 5 rings (SSSR count). The van der Waals surface area contributed by atoms with Crippen LogP contribution in [0.4, 0.5) is 0 Å². The van der Waals surface area contributed by atoms with E-state index in [-0.39, 0.29) is 23.4 Å². The fraction of sp³-hybridized carbons (Fsp3) is 0.733. The molecule has 0 aromatic heterocycles. The number of rotatable bonds is 6. The minimum absolute atomic E-state index is 0.0307. The molecule has 2 unspecified atom stereocenters. The Morgan fingerprint density at radius 2 is 1.83 bits per heavy atom. The van der Waals surface area contributed by atoms with Gasteiger partial charge in [-0.2, -0.15) is 0 Å². The van der Waals surface area contributed by atoms with Crippen LogP contribution in [-0.2, 0) is 25.7 Å². The van der Waals surface area contributed by atoms with Crippen LogP contribution in [0.5, 0.6) is 0 Å². The Kier molecular flexibility index (Phi) is 6.76. The van der Waals surface area contributed by atoms with E-state index < -0.39 is 0 Å². The molecule has 1 saturated heterocycles. The van der Waals surface area contributed by atoms with Crippen molar-refractivity contribution in [3.63, 3.8) is 0 Å². The van der Waals surface area contributed by atoms with Gasteiger partial charge in [0.15, 0.2) is 0 Å². The van der Waals surface area contributed by atoms with Crippen molar-refractivity contribution in [2.45, 2.75) is 78.4 Å². The number of hydrogen-bond acceptors (Lipinski definition) is 4. The molecule has 1 aromatic rings. The van der Waals surface area contributed by atoms with Crippen LogP contribution in [0, 0.1) is 40.4 Å². The summed E-state index contributed by atoms with van der Waals surface area (Å²) >= 11 is 0. The van der Waals surface area contributed by atoms with Gasteiger partial charge in [-0.15, -0.1) is 0 Å². The van der Waals surface area contributed by atoms with Gasteiger partial charge in [0.2, 0.25) is 5.91 Å². The maximum atomic E-state index is 12.4. The number of nitrogens with zero attached hydrogens (tertiary/aromatic N) is 1. The van der Waals surface area contributed by atoms with E-state index in [1.165, 1.54) is 25.7 Å². The predicted octanol–water partition coefficient (Wildman–Crippen LogP) is 5.47. The van der Waals surface area contributed by atoms with Gasteiger partial charge in [-0.1, -0.05) is 51.1 Å². The van der Waals surface area contributed by atoms with E-state index in [9.17, 15) is 9.59 Å². The standard InChI is InChI=1S/C30H43NO4/c1-20-16-24-22-10-11-26-30(3,15-13-27(32)31(26)4)23(22)12-14-29(24,2)25(20)18-34-19-28(33)35-17-21-8-6-5-7-9-21/h5-9,20,22-26H,10-19H2,1-4H3/t20?,22-,23+,24+,25?,26-,29+,30-/m1/s1. The number of amides is 1. The average Bonchev–Trinajstić information content (AvgIpc) is 3.11. The third-order valence-electron chi connectivity index (χ3n) is 10.9. The minimum atomic E-state index is -0.285. The first-order valence-electron chi connectivity index (χ1n) is 13.8. The van der Waals surface area contributed by atoms with Crippen LogP contribution in [0.2, 0.25) is 0 Å². The highest BCUT2D eigenvalue weighted by molar-refractivity contribution is 5.77. The lowest BCUT2D eigenvalue weighted by atomic mass is 9.47. The van der Waals surface area contributed by atoms with Crippen molar-refractivity contribution in [2.24, 2.45) is 40.4 Å². The van der Waals surface area contributed by atoms with Gasteiger partial charge in [0.25, 0.3) is 0 Å². The van der Waals surface area contributed by atoms with Crippen LogP contribution in [0.15, 0.2) is 30.3 Å². The van der Waals surface area contributed by atoms with Crippen molar-refractivity contribution in [1.29, 1.82) is 0 Å². The highest BCUT2D eigenvalue weighted by Crippen LogP contribution is 2.67. The number of ether oxygens (including phenoxy) is 2. The number of piperidine rings is 1. The number of likely N-dealkylation sites (tertiary alicyclic amines) is 1. The van der Waals surface area contributed by atoms with E-state index in [0.29, 0.717) is 43.4 Å². The van der Waals surface area contributed by atoms with Crippen LogP contribution >= 0.6 is 0 Å². The van der Waals surface area contributed by atoms with Crippen molar-refractivity contribution in [1.82, 2.24) is 4.90 Å². The van der Waals surface area contributed by atoms with Crippen molar-refractivity contribution in [3.05, 3.63) is 35.9 Å². The predicted molar refractivity (Wildman–Crippen MR) is 135 cm³/mol. The smallest absolute Gasteiger partial charge is 0.332 e. The lowest BCUT2D eigenvalue weighted by molar-refractivity contribution is -0.159. The Morgan fingerprint density at radius 3 is 2.60 bits per heavy atom. The summed E-state index contributed by atoms with van der Waals surface area (Å²) < 4.78 is 11.4. The number of benzene rings is 1. The molecular weight excluding hydrogens is 438 g/mol. The molecule has 3 saturated carbocycles. The highest BCUT2D eigenvalue weighted by Gasteiger charge is 2.62. The summed E-state index contributed by atoms with van der Waals surface area (Å²) in [5.74, 6) is 3.32. The quantitative estimate of drug-likeness (QED) is 0.506. The molecule has 0 bridgehead atoms. The second-order valence-electron chi connectivity index (χ2n) is 12.5.